The van der Waals surface area contributed by atoms with Crippen LogP contribution in [0, 0.1) is 0 Å². The first kappa shape index (κ1) is 17.7. The molecule has 1 aromatic heterocycles. The van der Waals surface area contributed by atoms with Gasteiger partial charge in [-0.25, -0.2) is 9.89 Å². The van der Waals surface area contributed by atoms with Gasteiger partial charge in [-0.1, -0.05) is 39.8 Å². The summed E-state index contributed by atoms with van der Waals surface area (Å²) in [5.74, 6) is 1.15. The van der Waals surface area contributed by atoms with Crippen LogP contribution >= 0.6 is 0 Å². The van der Waals surface area contributed by atoms with Crippen molar-refractivity contribution in [3.63, 3.8) is 0 Å². The minimum absolute atomic E-state index is 0.275. The van der Waals surface area contributed by atoms with E-state index in [4.69, 9.17) is 4.74 Å². The van der Waals surface area contributed by atoms with E-state index in [-0.39, 0.29) is 5.41 Å². The van der Waals surface area contributed by atoms with Gasteiger partial charge in [0.05, 0.1) is 12.8 Å². The summed E-state index contributed by atoms with van der Waals surface area (Å²) in [5.41, 5.74) is 3.53. The highest BCUT2D eigenvalue weighted by molar-refractivity contribution is 5.80. The fourth-order valence-electron chi connectivity index (χ4n) is 2.01. The maximum absolute atomic E-state index is 11.4. The predicted octanol–water partition coefficient (Wildman–Crippen LogP) is 2.70. The standard InChI is InChI=1S/C17H23N5O2/c1-5-9-24-13-8-6-7-12(10-13)11-18-21-15-14(17(2,3)4)20-22-16(23)19-15/h6-8,10-11H,5,9H2,1-4H3,(H2,19,21,22,23)/b18-11+. The van der Waals surface area contributed by atoms with E-state index in [0.717, 1.165) is 17.7 Å². The number of aromatic nitrogens is 3. The number of nitrogens with one attached hydrogen (secondary N) is 2. The van der Waals surface area contributed by atoms with Crippen LogP contribution in [0.5, 0.6) is 5.75 Å². The normalized spacial score (nSPS) is 11.7. The van der Waals surface area contributed by atoms with Gasteiger partial charge in [0, 0.05) is 5.41 Å². The topological polar surface area (TPSA) is 92.3 Å². The van der Waals surface area contributed by atoms with Gasteiger partial charge < -0.3 is 4.74 Å². The average Bonchev–Trinajstić information content (AvgIpc) is 2.52. The van der Waals surface area contributed by atoms with Crippen LogP contribution < -0.4 is 15.9 Å². The summed E-state index contributed by atoms with van der Waals surface area (Å²) in [7, 11) is 0. The average molecular weight is 329 g/mol. The van der Waals surface area contributed by atoms with E-state index in [0.29, 0.717) is 18.1 Å². The number of benzene rings is 1. The zero-order chi connectivity index (χ0) is 17.6. The monoisotopic (exact) mass is 329 g/mol. The molecule has 0 atom stereocenters. The van der Waals surface area contributed by atoms with E-state index in [2.05, 4.69) is 32.6 Å². The second-order valence-electron chi connectivity index (χ2n) is 6.38. The van der Waals surface area contributed by atoms with E-state index >= 15 is 0 Å². The Balaban J connectivity index is 2.15. The Hall–Kier alpha value is -2.70. The van der Waals surface area contributed by atoms with Crippen LogP contribution in [0.4, 0.5) is 5.82 Å². The van der Waals surface area contributed by atoms with Crippen LogP contribution in [0.3, 0.4) is 0 Å². The Morgan fingerprint density at radius 2 is 2.17 bits per heavy atom. The van der Waals surface area contributed by atoms with Gasteiger partial charge in [-0.2, -0.15) is 15.2 Å². The zero-order valence-corrected chi connectivity index (χ0v) is 14.5. The number of aromatic amines is 1. The smallest absolute Gasteiger partial charge is 0.363 e. The number of hydrazone groups is 1. The van der Waals surface area contributed by atoms with Gasteiger partial charge in [-0.15, -0.1) is 0 Å². The molecule has 0 saturated carbocycles. The van der Waals surface area contributed by atoms with Gasteiger partial charge in [0.25, 0.3) is 0 Å². The highest BCUT2D eigenvalue weighted by Crippen LogP contribution is 2.24. The van der Waals surface area contributed by atoms with Crippen molar-refractivity contribution in [2.24, 2.45) is 5.10 Å². The fourth-order valence-corrected chi connectivity index (χ4v) is 2.01. The molecule has 0 radical (unpaired) electrons. The van der Waals surface area contributed by atoms with E-state index in [1.54, 1.807) is 6.21 Å². The maximum Gasteiger partial charge on any atom is 0.363 e. The number of rotatable bonds is 6. The van der Waals surface area contributed by atoms with Gasteiger partial charge >= 0.3 is 5.69 Å². The van der Waals surface area contributed by atoms with Crippen LogP contribution in [-0.2, 0) is 5.41 Å². The first-order valence-corrected chi connectivity index (χ1v) is 7.89. The van der Waals surface area contributed by atoms with Crippen LogP contribution in [0.15, 0.2) is 34.2 Å². The Kier molecular flexibility index (Phi) is 5.68. The van der Waals surface area contributed by atoms with Gasteiger partial charge in [-0.05, 0) is 24.1 Å². The number of hydrogen-bond acceptors (Lipinski definition) is 6. The quantitative estimate of drug-likeness (QED) is 0.628. The molecule has 2 N–H and O–H groups in total. The first-order chi connectivity index (χ1) is 11.4. The molecule has 128 valence electrons. The molecule has 1 aromatic carbocycles. The number of H-pyrrole nitrogens is 1. The Morgan fingerprint density at radius 3 is 2.88 bits per heavy atom. The van der Waals surface area contributed by atoms with Crippen molar-refractivity contribution in [2.45, 2.75) is 39.5 Å². The minimum Gasteiger partial charge on any atom is -0.494 e. The summed E-state index contributed by atoms with van der Waals surface area (Å²) < 4.78 is 5.59. The Morgan fingerprint density at radius 1 is 1.38 bits per heavy atom. The maximum atomic E-state index is 11.4. The third kappa shape index (κ3) is 4.91. The van der Waals surface area contributed by atoms with Crippen LogP contribution in [0.25, 0.3) is 0 Å². The molecule has 1 heterocycles. The molecular weight excluding hydrogens is 306 g/mol. The van der Waals surface area contributed by atoms with Gasteiger partial charge in [0.2, 0.25) is 0 Å². The lowest BCUT2D eigenvalue weighted by Crippen LogP contribution is -2.24. The second-order valence-corrected chi connectivity index (χ2v) is 6.38. The molecule has 0 unspecified atom stereocenters. The van der Waals surface area contributed by atoms with E-state index in [1.807, 2.05) is 45.0 Å². The first-order valence-electron chi connectivity index (χ1n) is 7.89. The number of nitrogens with zero attached hydrogens (tertiary/aromatic N) is 3. The van der Waals surface area contributed by atoms with Gasteiger partial charge in [-0.3, -0.25) is 5.43 Å². The zero-order valence-electron chi connectivity index (χ0n) is 14.5. The molecule has 7 nitrogen and oxygen atoms in total. The molecule has 0 amide bonds. The number of ether oxygens (including phenoxy) is 1. The summed E-state index contributed by atoms with van der Waals surface area (Å²) in [6, 6.07) is 7.62. The highest BCUT2D eigenvalue weighted by atomic mass is 16.5. The van der Waals surface area contributed by atoms with Crippen molar-refractivity contribution in [1.29, 1.82) is 0 Å². The molecule has 0 aliphatic rings. The van der Waals surface area contributed by atoms with Crippen molar-refractivity contribution in [3.05, 3.63) is 46.0 Å². The van der Waals surface area contributed by atoms with E-state index in [1.165, 1.54) is 0 Å². The van der Waals surface area contributed by atoms with E-state index in [9.17, 15) is 4.79 Å². The van der Waals surface area contributed by atoms with Crippen molar-refractivity contribution in [3.8, 4) is 5.75 Å². The van der Waals surface area contributed by atoms with Crippen LogP contribution in [-0.4, -0.2) is 28.0 Å². The molecule has 0 aliphatic carbocycles. The molecule has 24 heavy (non-hydrogen) atoms. The summed E-state index contributed by atoms with van der Waals surface area (Å²) >= 11 is 0. The molecule has 0 fully saturated rings. The van der Waals surface area contributed by atoms with Gasteiger partial charge in [0.1, 0.15) is 11.4 Å². The number of hydrogen-bond donors (Lipinski definition) is 2. The minimum atomic E-state index is -0.518. The lowest BCUT2D eigenvalue weighted by Gasteiger charge is -2.18. The number of anilines is 1. The summed E-state index contributed by atoms with van der Waals surface area (Å²) in [4.78, 5) is 15.3. The van der Waals surface area contributed by atoms with Gasteiger partial charge in [0.15, 0.2) is 5.82 Å². The van der Waals surface area contributed by atoms with Crippen LogP contribution in [0.1, 0.15) is 45.4 Å². The third-order valence-corrected chi connectivity index (χ3v) is 3.13. The second kappa shape index (κ2) is 7.72. The van der Waals surface area contributed by atoms with Crippen molar-refractivity contribution >= 4 is 12.0 Å². The summed E-state index contributed by atoms with van der Waals surface area (Å²) in [6.45, 7) is 8.69. The molecule has 0 bridgehead atoms. The Labute approximate surface area is 141 Å². The van der Waals surface area contributed by atoms with Crippen LogP contribution in [0.2, 0.25) is 0 Å². The van der Waals surface area contributed by atoms with E-state index < -0.39 is 5.69 Å². The highest BCUT2D eigenvalue weighted by Gasteiger charge is 2.21. The fraction of sp³-hybridized carbons (Fsp3) is 0.412. The lowest BCUT2D eigenvalue weighted by molar-refractivity contribution is 0.317. The summed E-state index contributed by atoms with van der Waals surface area (Å²) in [6.07, 6.45) is 2.60. The molecule has 7 heteroatoms. The largest absolute Gasteiger partial charge is 0.494 e. The lowest BCUT2D eigenvalue weighted by atomic mass is 9.92. The molecule has 0 aliphatic heterocycles. The molecule has 0 spiro atoms. The van der Waals surface area contributed by atoms with Crippen molar-refractivity contribution in [2.75, 3.05) is 12.0 Å². The third-order valence-electron chi connectivity index (χ3n) is 3.13. The predicted molar refractivity (Wildman–Crippen MR) is 94.8 cm³/mol. The SMILES string of the molecule is CCCOc1cccc(/C=N/Nc2nc(=O)[nH]nc2C(C)(C)C)c1. The van der Waals surface area contributed by atoms with Crippen molar-refractivity contribution in [1.82, 2.24) is 15.2 Å². The molecular formula is C17H23N5O2. The van der Waals surface area contributed by atoms with Crippen molar-refractivity contribution < 1.29 is 4.74 Å². The Bertz CT molecular complexity index is 762. The summed E-state index contributed by atoms with van der Waals surface area (Å²) in [5, 5.41) is 10.6. The molecule has 2 rings (SSSR count). The molecule has 2 aromatic rings. The molecule has 0 saturated heterocycles.